The van der Waals surface area contributed by atoms with Gasteiger partial charge < -0.3 is 19.9 Å². The first-order valence-corrected chi connectivity index (χ1v) is 7.24. The Morgan fingerprint density at radius 1 is 1.57 bits per heavy atom. The van der Waals surface area contributed by atoms with Crippen molar-refractivity contribution in [2.24, 2.45) is 0 Å². The number of aromatic amines is 1. The molecule has 0 spiro atoms. The predicted octanol–water partition coefficient (Wildman–Crippen LogP) is 1.72. The van der Waals surface area contributed by atoms with Gasteiger partial charge in [-0.25, -0.2) is 14.2 Å². The van der Waals surface area contributed by atoms with Gasteiger partial charge in [-0.05, 0) is 6.07 Å². The predicted molar refractivity (Wildman–Crippen MR) is 84.4 cm³/mol. The monoisotopic (exact) mass is 319 g/mol. The first-order valence-electron chi connectivity index (χ1n) is 7.24. The maximum absolute atomic E-state index is 14.3. The number of ether oxygens (including phenoxy) is 1. The van der Waals surface area contributed by atoms with Crippen molar-refractivity contribution in [3.63, 3.8) is 0 Å². The number of urea groups is 1. The number of H-pyrrole nitrogens is 1. The minimum Gasteiger partial charge on any atom is -0.489 e. The summed E-state index contributed by atoms with van der Waals surface area (Å²) in [4.78, 5) is 22.2. The number of aromatic nitrogens is 2. The van der Waals surface area contributed by atoms with Crippen LogP contribution >= 0.6 is 0 Å². The largest absolute Gasteiger partial charge is 0.489 e. The molecule has 0 aliphatic carbocycles. The molecule has 23 heavy (non-hydrogen) atoms. The van der Waals surface area contributed by atoms with Crippen molar-refractivity contribution in [3.05, 3.63) is 36.2 Å². The number of carbonyl (C=O) groups excluding carboxylic acids is 1. The molecular weight excluding hydrogens is 301 g/mol. The van der Waals surface area contributed by atoms with E-state index in [0.717, 1.165) is 11.4 Å². The summed E-state index contributed by atoms with van der Waals surface area (Å²) in [5.41, 5.74) is 1.82. The van der Waals surface area contributed by atoms with Gasteiger partial charge in [-0.15, -0.1) is 0 Å². The van der Waals surface area contributed by atoms with E-state index in [1.807, 2.05) is 6.20 Å². The number of fused-ring (bicyclic) bond motifs is 1. The van der Waals surface area contributed by atoms with E-state index in [2.05, 4.69) is 20.2 Å². The number of anilines is 2. The zero-order chi connectivity index (χ0) is 16.4. The summed E-state index contributed by atoms with van der Waals surface area (Å²) in [5.74, 6) is -0.0326. The molecule has 0 atom stereocenters. The molecule has 3 rings (SSSR count). The SMILES string of the molecule is CNC(=O)N(C)c1cc2c(cc1F)OCCN2Cc1c[nH]cn1. The molecule has 8 heteroatoms. The molecular formula is C15H18FN5O2. The van der Waals surface area contributed by atoms with E-state index in [1.54, 1.807) is 12.4 Å². The number of imidazole rings is 1. The zero-order valence-corrected chi connectivity index (χ0v) is 13.0. The van der Waals surface area contributed by atoms with E-state index in [9.17, 15) is 9.18 Å². The van der Waals surface area contributed by atoms with Crippen LogP contribution in [0.5, 0.6) is 5.75 Å². The molecule has 122 valence electrons. The molecule has 1 aliphatic rings. The number of hydrogen-bond donors (Lipinski definition) is 2. The number of halogens is 1. The van der Waals surface area contributed by atoms with Crippen molar-refractivity contribution in [3.8, 4) is 5.75 Å². The lowest BCUT2D eigenvalue weighted by atomic mass is 10.2. The Kier molecular flexibility index (Phi) is 4.05. The lowest BCUT2D eigenvalue weighted by Gasteiger charge is -2.32. The van der Waals surface area contributed by atoms with Crippen LogP contribution in [-0.2, 0) is 6.54 Å². The van der Waals surface area contributed by atoms with Gasteiger partial charge in [0.25, 0.3) is 0 Å². The summed E-state index contributed by atoms with van der Waals surface area (Å²) in [6.07, 6.45) is 3.43. The summed E-state index contributed by atoms with van der Waals surface area (Å²) >= 11 is 0. The molecule has 7 nitrogen and oxygen atoms in total. The number of amides is 2. The van der Waals surface area contributed by atoms with Crippen LogP contribution < -0.4 is 19.9 Å². The fourth-order valence-corrected chi connectivity index (χ4v) is 2.55. The molecule has 0 bridgehead atoms. The van der Waals surface area contributed by atoms with E-state index >= 15 is 0 Å². The van der Waals surface area contributed by atoms with Crippen molar-refractivity contribution in [2.75, 3.05) is 37.0 Å². The van der Waals surface area contributed by atoms with Crippen LogP contribution in [0.25, 0.3) is 0 Å². The van der Waals surface area contributed by atoms with Crippen molar-refractivity contribution in [1.29, 1.82) is 0 Å². The Balaban J connectivity index is 1.95. The van der Waals surface area contributed by atoms with Crippen molar-refractivity contribution < 1.29 is 13.9 Å². The average molecular weight is 319 g/mol. The van der Waals surface area contributed by atoms with Crippen molar-refractivity contribution in [2.45, 2.75) is 6.54 Å². The molecule has 0 fully saturated rings. The first kappa shape index (κ1) is 15.1. The van der Waals surface area contributed by atoms with Gasteiger partial charge in [0.1, 0.15) is 12.4 Å². The lowest BCUT2D eigenvalue weighted by Crippen LogP contribution is -2.36. The number of nitrogens with one attached hydrogen (secondary N) is 2. The van der Waals surface area contributed by atoms with Crippen LogP contribution in [0, 0.1) is 5.82 Å². The second kappa shape index (κ2) is 6.15. The minimum atomic E-state index is -0.503. The molecule has 0 unspecified atom stereocenters. The van der Waals surface area contributed by atoms with Gasteiger partial charge >= 0.3 is 6.03 Å². The van der Waals surface area contributed by atoms with Crippen LogP contribution in [0.2, 0.25) is 0 Å². The molecule has 2 heterocycles. The van der Waals surface area contributed by atoms with Crippen LogP contribution in [-0.4, -0.2) is 43.2 Å². The highest BCUT2D eigenvalue weighted by Crippen LogP contribution is 2.37. The van der Waals surface area contributed by atoms with Gasteiger partial charge in [0.05, 0.1) is 36.5 Å². The molecule has 1 aliphatic heterocycles. The number of rotatable bonds is 3. The number of carbonyl (C=O) groups is 1. The number of benzene rings is 1. The van der Waals surface area contributed by atoms with Gasteiger partial charge in [0, 0.05) is 26.4 Å². The highest BCUT2D eigenvalue weighted by molar-refractivity contribution is 5.92. The molecule has 0 saturated carbocycles. The van der Waals surface area contributed by atoms with E-state index < -0.39 is 5.82 Å². The van der Waals surface area contributed by atoms with Crippen molar-refractivity contribution in [1.82, 2.24) is 15.3 Å². The molecule has 0 saturated heterocycles. The second-order valence-corrected chi connectivity index (χ2v) is 5.22. The summed E-state index contributed by atoms with van der Waals surface area (Å²) in [5, 5.41) is 2.48. The first-order chi connectivity index (χ1) is 11.1. The molecule has 2 amide bonds. The van der Waals surface area contributed by atoms with Crippen LogP contribution in [0.4, 0.5) is 20.6 Å². The molecule has 0 radical (unpaired) electrons. The van der Waals surface area contributed by atoms with Gasteiger partial charge in [0.15, 0.2) is 5.82 Å². The van der Waals surface area contributed by atoms with E-state index in [0.29, 0.717) is 25.4 Å². The Labute approximate surface area is 133 Å². The fourth-order valence-electron chi connectivity index (χ4n) is 2.55. The van der Waals surface area contributed by atoms with E-state index in [1.165, 1.54) is 25.1 Å². The maximum atomic E-state index is 14.3. The third kappa shape index (κ3) is 2.92. The smallest absolute Gasteiger partial charge is 0.321 e. The lowest BCUT2D eigenvalue weighted by molar-refractivity contribution is 0.249. The third-order valence-corrected chi connectivity index (χ3v) is 3.78. The second-order valence-electron chi connectivity index (χ2n) is 5.22. The van der Waals surface area contributed by atoms with E-state index in [4.69, 9.17) is 4.74 Å². The molecule has 2 aromatic rings. The Bertz CT molecular complexity index is 704. The Morgan fingerprint density at radius 3 is 3.09 bits per heavy atom. The molecule has 1 aromatic heterocycles. The normalized spacial score (nSPS) is 13.3. The van der Waals surface area contributed by atoms with Gasteiger partial charge in [-0.1, -0.05) is 0 Å². The highest BCUT2D eigenvalue weighted by atomic mass is 19.1. The average Bonchev–Trinajstić information content (AvgIpc) is 3.06. The summed E-state index contributed by atoms with van der Waals surface area (Å²) in [7, 11) is 3.02. The Morgan fingerprint density at radius 2 is 2.39 bits per heavy atom. The van der Waals surface area contributed by atoms with Gasteiger partial charge in [0.2, 0.25) is 0 Å². The summed E-state index contributed by atoms with van der Waals surface area (Å²) < 4.78 is 19.8. The summed E-state index contributed by atoms with van der Waals surface area (Å²) in [6, 6.07) is 2.56. The minimum absolute atomic E-state index is 0.195. The number of hydrogen-bond acceptors (Lipinski definition) is 4. The zero-order valence-electron chi connectivity index (χ0n) is 13.0. The Hall–Kier alpha value is -2.77. The highest BCUT2D eigenvalue weighted by Gasteiger charge is 2.24. The standard InChI is InChI=1S/C15H18FN5O2/c1-17-15(22)20(2)12-6-13-14(5-11(12)16)23-4-3-21(13)8-10-7-18-9-19-10/h5-7,9H,3-4,8H2,1-2H3,(H,17,22)(H,18,19). The summed E-state index contributed by atoms with van der Waals surface area (Å²) in [6.45, 7) is 1.71. The van der Waals surface area contributed by atoms with Gasteiger partial charge in [-0.3, -0.25) is 4.90 Å². The van der Waals surface area contributed by atoms with Crippen LogP contribution in [0.1, 0.15) is 5.69 Å². The quantitative estimate of drug-likeness (QED) is 0.903. The van der Waals surface area contributed by atoms with Crippen LogP contribution in [0.3, 0.4) is 0 Å². The maximum Gasteiger partial charge on any atom is 0.321 e. The van der Waals surface area contributed by atoms with E-state index in [-0.39, 0.29) is 11.7 Å². The molecule has 2 N–H and O–H groups in total. The number of nitrogens with zero attached hydrogens (tertiary/aromatic N) is 3. The van der Waals surface area contributed by atoms with Crippen molar-refractivity contribution >= 4 is 17.4 Å². The van der Waals surface area contributed by atoms with Crippen LogP contribution in [0.15, 0.2) is 24.7 Å². The fraction of sp³-hybridized carbons (Fsp3) is 0.333. The van der Waals surface area contributed by atoms with Gasteiger partial charge in [-0.2, -0.15) is 0 Å². The molecule has 1 aromatic carbocycles. The third-order valence-electron chi connectivity index (χ3n) is 3.78. The topological polar surface area (TPSA) is 73.5 Å².